The first-order valence-corrected chi connectivity index (χ1v) is 13.8. The van der Waals surface area contributed by atoms with Crippen LogP contribution in [-0.4, -0.2) is 27.4 Å². The molecule has 1 heterocycles. The van der Waals surface area contributed by atoms with Crippen LogP contribution in [0.2, 0.25) is 0 Å². The SMILES string of the molecule is CC(C)C1CC2(C)CCC3C(=CCC4(C)C(c5ccc6ccncc6c5)CCC34)C=C2C(O)C1O. The van der Waals surface area contributed by atoms with Crippen LogP contribution in [0.25, 0.3) is 10.8 Å². The summed E-state index contributed by atoms with van der Waals surface area (Å²) >= 11 is 0. The van der Waals surface area contributed by atoms with Crippen molar-refractivity contribution in [1.82, 2.24) is 4.98 Å². The number of rotatable bonds is 2. The Morgan fingerprint density at radius 2 is 1.86 bits per heavy atom. The molecule has 0 spiro atoms. The Labute approximate surface area is 210 Å². The average Bonchev–Trinajstić information content (AvgIpc) is 3.11. The number of fused-ring (bicyclic) bond motifs is 5. The van der Waals surface area contributed by atoms with E-state index in [2.05, 4.69) is 69.1 Å². The average molecular weight is 472 g/mol. The maximum Gasteiger partial charge on any atom is 0.102 e. The molecule has 4 aliphatic rings. The maximum atomic E-state index is 11.2. The van der Waals surface area contributed by atoms with Crippen molar-refractivity contribution in [3.8, 4) is 0 Å². The summed E-state index contributed by atoms with van der Waals surface area (Å²) in [4.78, 5) is 4.36. The topological polar surface area (TPSA) is 53.4 Å². The van der Waals surface area contributed by atoms with Crippen LogP contribution < -0.4 is 0 Å². The van der Waals surface area contributed by atoms with Crippen molar-refractivity contribution in [3.63, 3.8) is 0 Å². The van der Waals surface area contributed by atoms with Crippen molar-refractivity contribution >= 4 is 10.8 Å². The third kappa shape index (κ3) is 3.56. The number of hydrogen-bond acceptors (Lipinski definition) is 3. The third-order valence-electron chi connectivity index (χ3n) is 10.8. The minimum Gasteiger partial charge on any atom is -0.390 e. The molecule has 3 heteroatoms. The fraction of sp³-hybridized carbons (Fsp3) is 0.594. The second-order valence-corrected chi connectivity index (χ2v) is 13.0. The van der Waals surface area contributed by atoms with E-state index in [1.165, 1.54) is 41.2 Å². The zero-order valence-electron chi connectivity index (χ0n) is 21.7. The van der Waals surface area contributed by atoms with Gasteiger partial charge in [0.2, 0.25) is 0 Å². The Hall–Kier alpha value is -1.97. The lowest BCUT2D eigenvalue weighted by Gasteiger charge is -2.47. The fourth-order valence-electron chi connectivity index (χ4n) is 8.67. The normalized spacial score (nSPS) is 41.0. The number of benzene rings is 1. The van der Waals surface area contributed by atoms with E-state index in [0.717, 1.165) is 24.8 Å². The van der Waals surface area contributed by atoms with E-state index in [0.29, 0.717) is 23.7 Å². The van der Waals surface area contributed by atoms with Crippen LogP contribution >= 0.6 is 0 Å². The highest BCUT2D eigenvalue weighted by molar-refractivity contribution is 5.82. The second-order valence-electron chi connectivity index (χ2n) is 13.0. The minimum absolute atomic E-state index is 0.0223. The smallest absolute Gasteiger partial charge is 0.102 e. The number of pyridine rings is 1. The largest absolute Gasteiger partial charge is 0.390 e. The Balaban J connectivity index is 1.33. The lowest BCUT2D eigenvalue weighted by molar-refractivity contribution is -0.0615. The van der Waals surface area contributed by atoms with E-state index >= 15 is 0 Å². The lowest BCUT2D eigenvalue weighted by Crippen LogP contribution is -2.48. The molecule has 2 aromatic rings. The molecule has 4 aliphatic carbocycles. The van der Waals surface area contributed by atoms with E-state index in [9.17, 15) is 10.2 Å². The summed E-state index contributed by atoms with van der Waals surface area (Å²) in [7, 11) is 0. The summed E-state index contributed by atoms with van der Waals surface area (Å²) in [5, 5.41) is 24.7. The van der Waals surface area contributed by atoms with Gasteiger partial charge in [-0.05, 0) is 113 Å². The first-order chi connectivity index (χ1) is 16.7. The minimum atomic E-state index is -0.739. The summed E-state index contributed by atoms with van der Waals surface area (Å²) in [6.07, 6.45) is 14.2. The Kier molecular flexibility index (Phi) is 5.54. The van der Waals surface area contributed by atoms with E-state index in [1.807, 2.05) is 12.4 Å². The Morgan fingerprint density at radius 1 is 1.03 bits per heavy atom. The van der Waals surface area contributed by atoms with E-state index < -0.39 is 12.2 Å². The molecule has 2 fully saturated rings. The molecule has 8 atom stereocenters. The van der Waals surface area contributed by atoms with Gasteiger partial charge in [-0.2, -0.15) is 0 Å². The quantitative estimate of drug-likeness (QED) is 0.506. The van der Waals surface area contributed by atoms with E-state index in [1.54, 1.807) is 0 Å². The van der Waals surface area contributed by atoms with Gasteiger partial charge in [0.1, 0.15) is 6.10 Å². The molecule has 35 heavy (non-hydrogen) atoms. The summed E-state index contributed by atoms with van der Waals surface area (Å²) in [5.74, 6) is 2.32. The van der Waals surface area contributed by atoms with Crippen LogP contribution in [0.3, 0.4) is 0 Å². The van der Waals surface area contributed by atoms with Crippen LogP contribution in [0.5, 0.6) is 0 Å². The predicted molar refractivity (Wildman–Crippen MR) is 142 cm³/mol. The maximum absolute atomic E-state index is 11.2. The van der Waals surface area contributed by atoms with Crippen LogP contribution in [-0.2, 0) is 0 Å². The van der Waals surface area contributed by atoms with Crippen molar-refractivity contribution in [2.45, 2.75) is 84.3 Å². The first-order valence-electron chi connectivity index (χ1n) is 13.8. The first kappa shape index (κ1) is 23.4. The van der Waals surface area contributed by atoms with Crippen molar-refractivity contribution in [3.05, 3.63) is 65.5 Å². The fourth-order valence-corrected chi connectivity index (χ4v) is 8.67. The molecule has 0 bridgehead atoms. The molecule has 2 N–H and O–H groups in total. The van der Waals surface area contributed by atoms with Crippen molar-refractivity contribution in [2.24, 2.45) is 34.5 Å². The molecule has 0 amide bonds. The van der Waals surface area contributed by atoms with Gasteiger partial charge in [-0.3, -0.25) is 4.98 Å². The van der Waals surface area contributed by atoms with Gasteiger partial charge in [0.25, 0.3) is 0 Å². The van der Waals surface area contributed by atoms with Gasteiger partial charge in [0.05, 0.1) is 6.10 Å². The highest BCUT2D eigenvalue weighted by Crippen LogP contribution is 2.63. The summed E-state index contributed by atoms with van der Waals surface area (Å²) in [6, 6.07) is 9.11. The molecular weight excluding hydrogens is 430 g/mol. The number of aliphatic hydroxyl groups is 2. The summed E-state index contributed by atoms with van der Waals surface area (Å²) < 4.78 is 0. The molecule has 8 unspecified atom stereocenters. The molecule has 1 aromatic carbocycles. The Bertz CT molecular complexity index is 1200. The van der Waals surface area contributed by atoms with Gasteiger partial charge in [0.15, 0.2) is 0 Å². The number of hydrogen-bond donors (Lipinski definition) is 2. The highest BCUT2D eigenvalue weighted by atomic mass is 16.3. The van der Waals surface area contributed by atoms with Crippen molar-refractivity contribution in [1.29, 1.82) is 0 Å². The highest BCUT2D eigenvalue weighted by Gasteiger charge is 2.54. The van der Waals surface area contributed by atoms with Crippen molar-refractivity contribution in [2.75, 3.05) is 0 Å². The molecule has 1 aromatic heterocycles. The molecule has 186 valence electrons. The van der Waals surface area contributed by atoms with Gasteiger partial charge in [0, 0.05) is 17.8 Å². The van der Waals surface area contributed by atoms with E-state index in [4.69, 9.17) is 0 Å². The van der Waals surface area contributed by atoms with Crippen molar-refractivity contribution < 1.29 is 10.2 Å². The molecule has 0 aliphatic heterocycles. The molecule has 2 saturated carbocycles. The molecule has 0 saturated heterocycles. The van der Waals surface area contributed by atoms with Gasteiger partial charge in [-0.15, -0.1) is 0 Å². The van der Waals surface area contributed by atoms with Gasteiger partial charge in [-0.1, -0.05) is 52.0 Å². The second kappa shape index (κ2) is 8.28. The standard InChI is InChI=1S/C32H41NO2/c1-19(2)25-17-31(3)12-10-24-21(16-28(31)30(35)29(25)34)9-13-32(4)26(7-8-27(24)32)22-6-5-20-11-14-33-18-23(20)15-22/h5-6,9,11,14-16,18-19,24-27,29-30,34-35H,7-8,10,12-13,17H2,1-4H3. The van der Waals surface area contributed by atoms with E-state index in [-0.39, 0.29) is 16.7 Å². The number of aliphatic hydroxyl groups excluding tert-OH is 2. The summed E-state index contributed by atoms with van der Waals surface area (Å²) in [6.45, 7) is 9.26. The predicted octanol–water partition coefficient (Wildman–Crippen LogP) is 6.81. The zero-order valence-corrected chi connectivity index (χ0v) is 21.7. The number of aromatic nitrogens is 1. The number of nitrogens with zero attached hydrogens (tertiary/aromatic N) is 1. The molecular formula is C32H41NO2. The van der Waals surface area contributed by atoms with Gasteiger partial charge < -0.3 is 10.2 Å². The molecule has 6 rings (SSSR count). The van der Waals surface area contributed by atoms with Crippen LogP contribution in [0.15, 0.2) is 60.0 Å². The third-order valence-corrected chi connectivity index (χ3v) is 10.8. The Morgan fingerprint density at radius 3 is 2.66 bits per heavy atom. The number of allylic oxidation sites excluding steroid dienone is 3. The molecule has 3 nitrogen and oxygen atoms in total. The van der Waals surface area contributed by atoms with Crippen LogP contribution in [0.4, 0.5) is 0 Å². The van der Waals surface area contributed by atoms with Gasteiger partial charge >= 0.3 is 0 Å². The summed E-state index contributed by atoms with van der Waals surface area (Å²) in [5.41, 5.74) is 4.24. The zero-order chi connectivity index (χ0) is 24.5. The van der Waals surface area contributed by atoms with Crippen LogP contribution in [0, 0.1) is 34.5 Å². The lowest BCUT2D eigenvalue weighted by atomic mass is 9.59. The van der Waals surface area contributed by atoms with Gasteiger partial charge in [-0.25, -0.2) is 0 Å². The molecule has 0 radical (unpaired) electrons. The van der Waals surface area contributed by atoms with Crippen LogP contribution in [0.1, 0.15) is 77.7 Å². The monoisotopic (exact) mass is 471 g/mol.